The summed E-state index contributed by atoms with van der Waals surface area (Å²) in [5, 5.41) is 8.79. The SMILES string of the molecule is Cc1cc(N2CC(OCCO)CC2C)ccc1N. The predicted molar refractivity (Wildman–Crippen MR) is 73.8 cm³/mol. The molecule has 1 heterocycles. The van der Waals surface area contributed by atoms with E-state index >= 15 is 0 Å². The molecule has 1 aliphatic rings. The van der Waals surface area contributed by atoms with E-state index in [2.05, 4.69) is 24.0 Å². The quantitative estimate of drug-likeness (QED) is 0.796. The van der Waals surface area contributed by atoms with E-state index in [1.54, 1.807) is 0 Å². The zero-order chi connectivity index (χ0) is 13.1. The molecule has 0 aromatic heterocycles. The summed E-state index contributed by atoms with van der Waals surface area (Å²) in [4.78, 5) is 2.34. The summed E-state index contributed by atoms with van der Waals surface area (Å²) in [5.74, 6) is 0. The minimum Gasteiger partial charge on any atom is -0.399 e. The molecule has 1 aromatic carbocycles. The standard InChI is InChI=1S/C14H22N2O2/c1-10-7-12(3-4-14(10)15)16-9-13(8-11(16)2)18-6-5-17/h3-4,7,11,13,17H,5-6,8-9,15H2,1-2H3. The topological polar surface area (TPSA) is 58.7 Å². The zero-order valence-electron chi connectivity index (χ0n) is 11.1. The number of hydrogen-bond acceptors (Lipinski definition) is 4. The van der Waals surface area contributed by atoms with E-state index in [0.717, 1.165) is 24.2 Å². The first-order valence-corrected chi connectivity index (χ1v) is 6.47. The van der Waals surface area contributed by atoms with Gasteiger partial charge in [0.15, 0.2) is 0 Å². The second kappa shape index (κ2) is 5.59. The molecule has 2 rings (SSSR count). The second-order valence-electron chi connectivity index (χ2n) is 4.99. The van der Waals surface area contributed by atoms with Gasteiger partial charge in [-0.15, -0.1) is 0 Å². The number of aliphatic hydroxyl groups is 1. The van der Waals surface area contributed by atoms with Gasteiger partial charge in [-0.05, 0) is 44.0 Å². The highest BCUT2D eigenvalue weighted by molar-refractivity contribution is 5.59. The zero-order valence-corrected chi connectivity index (χ0v) is 11.1. The number of aryl methyl sites for hydroxylation is 1. The first kappa shape index (κ1) is 13.2. The van der Waals surface area contributed by atoms with Crippen molar-refractivity contribution >= 4 is 11.4 Å². The first-order chi connectivity index (χ1) is 8.61. The lowest BCUT2D eigenvalue weighted by Gasteiger charge is -2.24. The maximum Gasteiger partial charge on any atom is 0.0770 e. The van der Waals surface area contributed by atoms with Crippen molar-refractivity contribution < 1.29 is 9.84 Å². The highest BCUT2D eigenvalue weighted by Crippen LogP contribution is 2.29. The summed E-state index contributed by atoms with van der Waals surface area (Å²) in [5.41, 5.74) is 8.99. The molecule has 1 fully saturated rings. The molecule has 0 bridgehead atoms. The van der Waals surface area contributed by atoms with Crippen LogP contribution in [-0.2, 0) is 4.74 Å². The van der Waals surface area contributed by atoms with Crippen LogP contribution in [-0.4, -0.2) is 37.0 Å². The van der Waals surface area contributed by atoms with E-state index in [1.807, 2.05) is 13.0 Å². The Bertz CT molecular complexity index is 409. The third-order valence-corrected chi connectivity index (χ3v) is 3.57. The van der Waals surface area contributed by atoms with E-state index in [0.29, 0.717) is 12.6 Å². The normalized spacial score (nSPS) is 23.6. The molecule has 1 saturated heterocycles. The Morgan fingerprint density at radius 2 is 2.28 bits per heavy atom. The molecule has 0 amide bonds. The van der Waals surface area contributed by atoms with Gasteiger partial charge in [-0.1, -0.05) is 0 Å². The van der Waals surface area contributed by atoms with Crippen LogP contribution in [0.2, 0.25) is 0 Å². The third kappa shape index (κ3) is 2.76. The van der Waals surface area contributed by atoms with Gasteiger partial charge in [0.25, 0.3) is 0 Å². The average molecular weight is 250 g/mol. The van der Waals surface area contributed by atoms with Crippen molar-refractivity contribution in [2.75, 3.05) is 30.4 Å². The number of aliphatic hydroxyl groups excluding tert-OH is 1. The molecule has 0 aliphatic carbocycles. The summed E-state index contributed by atoms with van der Waals surface area (Å²) in [6.45, 7) is 5.62. The number of nitrogens with two attached hydrogens (primary N) is 1. The molecule has 4 nitrogen and oxygen atoms in total. The fourth-order valence-corrected chi connectivity index (χ4v) is 2.52. The molecule has 0 saturated carbocycles. The molecule has 100 valence electrons. The Morgan fingerprint density at radius 1 is 1.50 bits per heavy atom. The van der Waals surface area contributed by atoms with E-state index in [1.165, 1.54) is 5.69 Å². The van der Waals surface area contributed by atoms with Gasteiger partial charge in [-0.25, -0.2) is 0 Å². The van der Waals surface area contributed by atoms with Crippen LogP contribution in [0.15, 0.2) is 18.2 Å². The summed E-state index contributed by atoms with van der Waals surface area (Å²) >= 11 is 0. The number of anilines is 2. The summed E-state index contributed by atoms with van der Waals surface area (Å²) < 4.78 is 5.61. The minimum atomic E-state index is 0.0891. The van der Waals surface area contributed by atoms with Crippen molar-refractivity contribution in [3.05, 3.63) is 23.8 Å². The maximum atomic E-state index is 8.79. The van der Waals surface area contributed by atoms with Gasteiger partial charge in [0.1, 0.15) is 0 Å². The summed E-state index contributed by atoms with van der Waals surface area (Å²) in [6.07, 6.45) is 1.22. The van der Waals surface area contributed by atoms with Gasteiger partial charge in [0, 0.05) is 24.0 Å². The van der Waals surface area contributed by atoms with E-state index in [9.17, 15) is 0 Å². The van der Waals surface area contributed by atoms with Crippen LogP contribution in [0, 0.1) is 6.92 Å². The fraction of sp³-hybridized carbons (Fsp3) is 0.571. The molecule has 18 heavy (non-hydrogen) atoms. The molecule has 0 radical (unpaired) electrons. The lowest BCUT2D eigenvalue weighted by atomic mass is 10.1. The van der Waals surface area contributed by atoms with Gasteiger partial charge < -0.3 is 20.5 Å². The smallest absolute Gasteiger partial charge is 0.0770 e. The van der Waals surface area contributed by atoms with Crippen molar-refractivity contribution in [3.63, 3.8) is 0 Å². The Balaban J connectivity index is 2.06. The number of benzene rings is 1. The van der Waals surface area contributed by atoms with Crippen LogP contribution >= 0.6 is 0 Å². The number of nitrogens with zero attached hydrogens (tertiary/aromatic N) is 1. The van der Waals surface area contributed by atoms with Crippen molar-refractivity contribution in [1.29, 1.82) is 0 Å². The number of ether oxygens (including phenoxy) is 1. The van der Waals surface area contributed by atoms with Crippen molar-refractivity contribution in [1.82, 2.24) is 0 Å². The highest BCUT2D eigenvalue weighted by atomic mass is 16.5. The Morgan fingerprint density at radius 3 is 2.94 bits per heavy atom. The Kier molecular flexibility index (Phi) is 4.09. The number of rotatable bonds is 4. The largest absolute Gasteiger partial charge is 0.399 e. The molecule has 1 aliphatic heterocycles. The lowest BCUT2D eigenvalue weighted by molar-refractivity contribution is 0.0397. The van der Waals surface area contributed by atoms with Crippen LogP contribution in [0.25, 0.3) is 0 Å². The number of nitrogen functional groups attached to an aromatic ring is 1. The van der Waals surface area contributed by atoms with Crippen LogP contribution in [0.1, 0.15) is 18.9 Å². The molecule has 2 unspecified atom stereocenters. The molecule has 0 spiro atoms. The van der Waals surface area contributed by atoms with Crippen molar-refractivity contribution in [2.45, 2.75) is 32.4 Å². The minimum absolute atomic E-state index is 0.0891. The molecular formula is C14H22N2O2. The molecule has 3 N–H and O–H groups in total. The van der Waals surface area contributed by atoms with Crippen molar-refractivity contribution in [2.24, 2.45) is 0 Å². The van der Waals surface area contributed by atoms with Gasteiger partial charge >= 0.3 is 0 Å². The van der Waals surface area contributed by atoms with Gasteiger partial charge in [-0.3, -0.25) is 0 Å². The van der Waals surface area contributed by atoms with Crippen LogP contribution in [0.4, 0.5) is 11.4 Å². The average Bonchev–Trinajstić information content (AvgIpc) is 2.71. The molecule has 2 atom stereocenters. The fourth-order valence-electron chi connectivity index (χ4n) is 2.52. The molecular weight excluding hydrogens is 228 g/mol. The highest BCUT2D eigenvalue weighted by Gasteiger charge is 2.29. The van der Waals surface area contributed by atoms with Gasteiger partial charge in [0.05, 0.1) is 19.3 Å². The maximum absolute atomic E-state index is 8.79. The monoisotopic (exact) mass is 250 g/mol. The van der Waals surface area contributed by atoms with Crippen LogP contribution < -0.4 is 10.6 Å². The van der Waals surface area contributed by atoms with Gasteiger partial charge in [-0.2, -0.15) is 0 Å². The van der Waals surface area contributed by atoms with E-state index in [4.69, 9.17) is 15.6 Å². The lowest BCUT2D eigenvalue weighted by Crippen LogP contribution is -2.27. The third-order valence-electron chi connectivity index (χ3n) is 3.57. The Hall–Kier alpha value is -1.26. The van der Waals surface area contributed by atoms with Crippen LogP contribution in [0.5, 0.6) is 0 Å². The summed E-state index contributed by atoms with van der Waals surface area (Å²) in [6, 6.07) is 6.60. The molecule has 4 heteroatoms. The first-order valence-electron chi connectivity index (χ1n) is 6.47. The molecule has 1 aromatic rings. The second-order valence-corrected chi connectivity index (χ2v) is 4.99. The number of hydrogen-bond donors (Lipinski definition) is 2. The predicted octanol–water partition coefficient (Wildman–Crippen LogP) is 1.55. The van der Waals surface area contributed by atoms with Crippen molar-refractivity contribution in [3.8, 4) is 0 Å². The van der Waals surface area contributed by atoms with Crippen LogP contribution in [0.3, 0.4) is 0 Å². The van der Waals surface area contributed by atoms with E-state index in [-0.39, 0.29) is 12.7 Å². The van der Waals surface area contributed by atoms with Gasteiger partial charge in [0.2, 0.25) is 0 Å². The Labute approximate surface area is 108 Å². The van der Waals surface area contributed by atoms with E-state index < -0.39 is 0 Å². The summed E-state index contributed by atoms with van der Waals surface area (Å²) in [7, 11) is 0.